The highest BCUT2D eigenvalue weighted by Gasteiger charge is 2.29. The molecule has 0 aromatic heterocycles. The number of piperidine rings is 1. The number of nitrogens with zero attached hydrogens (tertiary/aromatic N) is 1. The van der Waals surface area contributed by atoms with Crippen molar-refractivity contribution in [3.63, 3.8) is 0 Å². The van der Waals surface area contributed by atoms with Crippen molar-refractivity contribution < 1.29 is 24.2 Å². The number of hydrogen-bond donors (Lipinski definition) is 2. The quantitative estimate of drug-likeness (QED) is 0.682. The molecule has 0 amide bonds. The molecule has 2 atom stereocenters. The summed E-state index contributed by atoms with van der Waals surface area (Å²) in [5.74, 6) is -3.16. The maximum absolute atomic E-state index is 15.3. The van der Waals surface area contributed by atoms with Gasteiger partial charge in [-0.15, -0.1) is 0 Å². The van der Waals surface area contributed by atoms with Gasteiger partial charge in [-0.3, -0.25) is 4.79 Å². The van der Waals surface area contributed by atoms with Crippen molar-refractivity contribution in [3.8, 4) is 0 Å². The van der Waals surface area contributed by atoms with Crippen LogP contribution in [0.4, 0.5) is 4.39 Å². The zero-order valence-electron chi connectivity index (χ0n) is 16.1. The van der Waals surface area contributed by atoms with E-state index in [9.17, 15) is 19.8 Å². The van der Waals surface area contributed by atoms with Crippen LogP contribution in [0.25, 0.3) is 0 Å². The van der Waals surface area contributed by atoms with Crippen LogP contribution in [0, 0.1) is 5.82 Å². The molecule has 3 rings (SSSR count). The Hall–Kier alpha value is -2.28. The first-order chi connectivity index (χ1) is 13.8. The summed E-state index contributed by atoms with van der Waals surface area (Å²) in [6, 6.07) is 8.32. The lowest BCUT2D eigenvalue weighted by molar-refractivity contribution is 0.0690. The van der Waals surface area contributed by atoms with E-state index >= 15 is 4.39 Å². The van der Waals surface area contributed by atoms with Gasteiger partial charge in [-0.05, 0) is 63.2 Å². The number of aromatic carboxylic acids is 1. The van der Waals surface area contributed by atoms with Gasteiger partial charge < -0.3 is 15.1 Å². The lowest BCUT2D eigenvalue weighted by atomic mass is 9.90. The van der Waals surface area contributed by atoms with Crippen LogP contribution in [0.15, 0.2) is 36.4 Å². The molecule has 0 aliphatic carbocycles. The van der Waals surface area contributed by atoms with Gasteiger partial charge in [-0.1, -0.05) is 24.1 Å². The van der Waals surface area contributed by atoms with Crippen molar-refractivity contribution in [2.75, 3.05) is 13.6 Å². The summed E-state index contributed by atoms with van der Waals surface area (Å²) in [6.45, 7) is 0.915. The van der Waals surface area contributed by atoms with Crippen molar-refractivity contribution in [1.82, 2.24) is 4.90 Å². The lowest BCUT2D eigenvalue weighted by Crippen LogP contribution is -2.37. The smallest absolute Gasteiger partial charge is 0.336 e. The number of ketones is 1. The minimum Gasteiger partial charge on any atom is -0.478 e. The molecule has 1 heterocycles. The predicted octanol–water partition coefficient (Wildman–Crippen LogP) is 4.32. The lowest BCUT2D eigenvalue weighted by Gasteiger charge is -2.34. The van der Waals surface area contributed by atoms with Gasteiger partial charge in [-0.25, -0.2) is 9.18 Å². The summed E-state index contributed by atoms with van der Waals surface area (Å²) in [4.78, 5) is 26.6. The van der Waals surface area contributed by atoms with E-state index in [0.717, 1.165) is 25.8 Å². The SMILES string of the molecule is CN1CCCCC1CC(O)c1ccc(C(=O)O)c(C(=O)c2ccc(Cl)cc2)c1F. The molecule has 2 N–H and O–H groups in total. The molecule has 29 heavy (non-hydrogen) atoms. The van der Waals surface area contributed by atoms with Crippen LogP contribution in [0.1, 0.15) is 63.6 Å². The van der Waals surface area contributed by atoms with Crippen molar-refractivity contribution >= 4 is 23.4 Å². The summed E-state index contributed by atoms with van der Waals surface area (Å²) in [6.07, 6.45) is 2.21. The Bertz CT molecular complexity index is 916. The Labute approximate surface area is 173 Å². The van der Waals surface area contributed by atoms with E-state index in [2.05, 4.69) is 4.90 Å². The first kappa shape index (κ1) is 21.4. The number of aliphatic hydroxyl groups is 1. The number of carboxylic acid groups (broad SMARTS) is 1. The average Bonchev–Trinajstić information content (AvgIpc) is 2.69. The third-order valence-electron chi connectivity index (χ3n) is 5.51. The molecule has 0 radical (unpaired) electrons. The summed E-state index contributed by atoms with van der Waals surface area (Å²) in [5, 5.41) is 20.5. The van der Waals surface area contributed by atoms with Crippen LogP contribution in [-0.4, -0.2) is 46.5 Å². The first-order valence-electron chi connectivity index (χ1n) is 9.54. The highest BCUT2D eigenvalue weighted by molar-refractivity contribution is 6.30. The van der Waals surface area contributed by atoms with Crippen molar-refractivity contribution in [2.45, 2.75) is 37.8 Å². The number of likely N-dealkylation sites (tertiary alicyclic amines) is 1. The van der Waals surface area contributed by atoms with Crippen LogP contribution in [0.5, 0.6) is 0 Å². The van der Waals surface area contributed by atoms with Gasteiger partial charge in [0.2, 0.25) is 0 Å². The molecule has 1 saturated heterocycles. The second-order valence-corrected chi connectivity index (χ2v) is 7.85. The topological polar surface area (TPSA) is 77.8 Å². The van der Waals surface area contributed by atoms with Crippen molar-refractivity contribution in [3.05, 3.63) is 69.5 Å². The summed E-state index contributed by atoms with van der Waals surface area (Å²) < 4.78 is 15.3. The molecule has 0 bridgehead atoms. The van der Waals surface area contributed by atoms with Gasteiger partial charge in [0.05, 0.1) is 17.2 Å². The fourth-order valence-corrected chi connectivity index (χ4v) is 3.95. The third-order valence-corrected chi connectivity index (χ3v) is 5.76. The zero-order chi connectivity index (χ0) is 21.1. The normalized spacial score (nSPS) is 18.4. The Kier molecular flexibility index (Phi) is 6.67. The van der Waals surface area contributed by atoms with E-state index in [1.807, 2.05) is 7.05 Å². The van der Waals surface area contributed by atoms with Crippen LogP contribution in [-0.2, 0) is 0 Å². The number of halogens is 2. The molecular formula is C22H23ClFNO4. The van der Waals surface area contributed by atoms with Crippen LogP contribution >= 0.6 is 11.6 Å². The van der Waals surface area contributed by atoms with Gasteiger partial charge in [-0.2, -0.15) is 0 Å². The molecule has 0 spiro atoms. The minimum atomic E-state index is -1.41. The van der Waals surface area contributed by atoms with E-state index in [-0.39, 0.29) is 17.2 Å². The van der Waals surface area contributed by atoms with Crippen molar-refractivity contribution in [2.24, 2.45) is 0 Å². The fourth-order valence-electron chi connectivity index (χ4n) is 3.82. The summed E-state index contributed by atoms with van der Waals surface area (Å²) in [7, 11) is 1.97. The first-order valence-corrected chi connectivity index (χ1v) is 9.91. The van der Waals surface area contributed by atoms with Crippen LogP contribution < -0.4 is 0 Å². The number of aliphatic hydroxyl groups excluding tert-OH is 1. The number of benzene rings is 2. The van der Waals surface area contributed by atoms with Gasteiger partial charge in [0.15, 0.2) is 5.78 Å². The minimum absolute atomic E-state index is 0.0636. The Morgan fingerprint density at radius 3 is 2.52 bits per heavy atom. The number of carbonyl (C=O) groups is 2. The zero-order valence-corrected chi connectivity index (χ0v) is 16.8. The molecular weight excluding hydrogens is 397 g/mol. The highest BCUT2D eigenvalue weighted by Crippen LogP contribution is 2.31. The molecule has 2 aromatic rings. The number of rotatable bonds is 6. The molecule has 2 unspecified atom stereocenters. The van der Waals surface area contributed by atoms with Gasteiger partial charge in [0.25, 0.3) is 0 Å². The number of carboxylic acids is 1. The Balaban J connectivity index is 1.97. The van der Waals surface area contributed by atoms with E-state index < -0.39 is 34.8 Å². The third kappa shape index (κ3) is 4.66. The molecule has 2 aromatic carbocycles. The van der Waals surface area contributed by atoms with Crippen LogP contribution in [0.2, 0.25) is 5.02 Å². The molecule has 1 aliphatic rings. The summed E-state index contributed by atoms with van der Waals surface area (Å²) >= 11 is 5.83. The highest BCUT2D eigenvalue weighted by atomic mass is 35.5. The molecule has 154 valence electrons. The molecule has 1 fully saturated rings. The maximum atomic E-state index is 15.3. The monoisotopic (exact) mass is 419 g/mol. The predicted molar refractivity (Wildman–Crippen MR) is 108 cm³/mol. The second-order valence-electron chi connectivity index (χ2n) is 7.41. The van der Waals surface area contributed by atoms with Gasteiger partial charge >= 0.3 is 5.97 Å². The van der Waals surface area contributed by atoms with Gasteiger partial charge in [0, 0.05) is 22.2 Å². The van der Waals surface area contributed by atoms with E-state index in [0.29, 0.717) is 11.4 Å². The average molecular weight is 420 g/mol. The molecule has 7 heteroatoms. The standard InChI is InChI=1S/C22H23ClFNO4/c1-25-11-3-2-4-15(25)12-18(26)16-9-10-17(22(28)29)19(20(16)24)21(27)13-5-7-14(23)8-6-13/h5-10,15,18,26H,2-4,11-12H2,1H3,(H,28,29). The number of hydrogen-bond acceptors (Lipinski definition) is 4. The van der Waals surface area contributed by atoms with Crippen LogP contribution in [0.3, 0.4) is 0 Å². The molecule has 0 saturated carbocycles. The summed E-state index contributed by atoms with van der Waals surface area (Å²) in [5.41, 5.74) is -0.928. The fraction of sp³-hybridized carbons (Fsp3) is 0.364. The number of carbonyl (C=O) groups excluding carboxylic acids is 1. The largest absolute Gasteiger partial charge is 0.478 e. The maximum Gasteiger partial charge on any atom is 0.336 e. The Morgan fingerprint density at radius 2 is 1.90 bits per heavy atom. The van der Waals surface area contributed by atoms with E-state index in [1.165, 1.54) is 36.4 Å². The molecule has 1 aliphatic heterocycles. The van der Waals surface area contributed by atoms with Gasteiger partial charge in [0.1, 0.15) is 5.82 Å². The second kappa shape index (κ2) is 9.03. The Morgan fingerprint density at radius 1 is 1.21 bits per heavy atom. The molecule has 5 nitrogen and oxygen atoms in total. The van der Waals surface area contributed by atoms with E-state index in [1.54, 1.807) is 0 Å². The van der Waals surface area contributed by atoms with Crippen molar-refractivity contribution in [1.29, 1.82) is 0 Å². The van der Waals surface area contributed by atoms with E-state index in [4.69, 9.17) is 11.6 Å².